The van der Waals surface area contributed by atoms with Gasteiger partial charge in [0.1, 0.15) is 12.1 Å². The number of carbonyl (C=O) groups excluding carboxylic acids is 3. The van der Waals surface area contributed by atoms with Gasteiger partial charge in [0.15, 0.2) is 5.78 Å². The van der Waals surface area contributed by atoms with Crippen molar-refractivity contribution in [3.05, 3.63) is 11.6 Å². The number of aliphatic carboxylic acids is 1. The van der Waals surface area contributed by atoms with Crippen molar-refractivity contribution in [2.24, 2.45) is 34.5 Å². The van der Waals surface area contributed by atoms with E-state index in [-0.39, 0.29) is 47.4 Å². The van der Waals surface area contributed by atoms with Crippen LogP contribution >= 0.6 is 0 Å². The first-order chi connectivity index (χ1) is 17.0. The molecule has 0 heterocycles. The Morgan fingerprint density at radius 1 is 1.08 bits per heavy atom. The number of ether oxygens (including phenoxy) is 1. The summed E-state index contributed by atoms with van der Waals surface area (Å²) < 4.78 is 5.99. The van der Waals surface area contributed by atoms with Crippen LogP contribution in [-0.2, 0) is 23.9 Å². The summed E-state index contributed by atoms with van der Waals surface area (Å²) in [7, 11) is 0. The third kappa shape index (κ3) is 4.87. The highest BCUT2D eigenvalue weighted by atomic mass is 16.5. The summed E-state index contributed by atoms with van der Waals surface area (Å²) >= 11 is 0. The zero-order valence-electron chi connectivity index (χ0n) is 22.3. The molecule has 3 fully saturated rings. The summed E-state index contributed by atoms with van der Waals surface area (Å²) in [5.74, 6) is -0.0631. The number of rotatable bonds is 8. The van der Waals surface area contributed by atoms with Crippen LogP contribution in [0.2, 0.25) is 0 Å². The molecule has 4 aliphatic rings. The van der Waals surface area contributed by atoms with Crippen molar-refractivity contribution in [1.82, 2.24) is 5.32 Å². The van der Waals surface area contributed by atoms with Crippen molar-refractivity contribution in [3.8, 4) is 0 Å². The number of amides is 1. The molecule has 0 unspecified atom stereocenters. The molecule has 36 heavy (non-hydrogen) atoms. The summed E-state index contributed by atoms with van der Waals surface area (Å²) in [6.07, 6.45) is 10.1. The second kappa shape index (κ2) is 10.3. The minimum absolute atomic E-state index is 0.0395. The molecule has 8 atom stereocenters. The summed E-state index contributed by atoms with van der Waals surface area (Å²) in [6.45, 7) is 8.33. The molecule has 0 aromatic carbocycles. The summed E-state index contributed by atoms with van der Waals surface area (Å²) in [6, 6.07) is -0.946. The number of nitrogens with one attached hydrogen (secondary N) is 1. The summed E-state index contributed by atoms with van der Waals surface area (Å²) in [4.78, 5) is 48.6. The molecule has 4 rings (SSSR count). The van der Waals surface area contributed by atoms with Gasteiger partial charge in [-0.1, -0.05) is 39.7 Å². The van der Waals surface area contributed by atoms with Crippen LogP contribution < -0.4 is 5.32 Å². The fourth-order valence-electron chi connectivity index (χ4n) is 8.07. The first kappa shape index (κ1) is 26.9. The van der Waals surface area contributed by atoms with E-state index in [4.69, 9.17) is 4.74 Å². The predicted octanol–water partition coefficient (Wildman–Crippen LogP) is 4.83. The fourth-order valence-corrected chi connectivity index (χ4v) is 8.07. The van der Waals surface area contributed by atoms with Gasteiger partial charge in [-0.3, -0.25) is 14.4 Å². The van der Waals surface area contributed by atoms with Gasteiger partial charge in [0.25, 0.3) is 0 Å². The number of ketones is 1. The molecule has 3 saturated carbocycles. The Balaban J connectivity index is 1.34. The Hall–Kier alpha value is -2.18. The first-order valence-electron chi connectivity index (χ1n) is 13.9. The van der Waals surface area contributed by atoms with E-state index in [9.17, 15) is 24.3 Å². The molecule has 7 nitrogen and oxygen atoms in total. The number of esters is 1. The van der Waals surface area contributed by atoms with Crippen LogP contribution in [0, 0.1) is 34.5 Å². The average molecular weight is 502 g/mol. The van der Waals surface area contributed by atoms with Crippen LogP contribution in [0.15, 0.2) is 11.6 Å². The molecule has 0 aliphatic heterocycles. The highest BCUT2D eigenvalue weighted by Gasteiger charge is 2.59. The van der Waals surface area contributed by atoms with Crippen molar-refractivity contribution in [3.63, 3.8) is 0 Å². The van der Waals surface area contributed by atoms with Gasteiger partial charge >= 0.3 is 11.9 Å². The maximum absolute atomic E-state index is 12.7. The van der Waals surface area contributed by atoms with Crippen molar-refractivity contribution in [1.29, 1.82) is 0 Å². The molecule has 2 N–H and O–H groups in total. The Morgan fingerprint density at radius 3 is 2.53 bits per heavy atom. The molecule has 0 aromatic rings. The second-order valence-electron chi connectivity index (χ2n) is 12.3. The number of allylic oxidation sites excluding steroid dienone is 1. The molecule has 0 bridgehead atoms. The lowest BCUT2D eigenvalue weighted by Gasteiger charge is -2.57. The van der Waals surface area contributed by atoms with Gasteiger partial charge in [0.2, 0.25) is 5.91 Å². The first-order valence-corrected chi connectivity index (χ1v) is 13.9. The monoisotopic (exact) mass is 501 g/mol. The fraction of sp³-hybridized carbons (Fsp3) is 0.793. The van der Waals surface area contributed by atoms with Crippen molar-refractivity contribution < 1.29 is 29.0 Å². The third-order valence-corrected chi connectivity index (χ3v) is 10.5. The zero-order valence-corrected chi connectivity index (χ0v) is 22.3. The molecule has 200 valence electrons. The normalized spacial score (nSPS) is 37.0. The number of carboxylic acids is 1. The molecule has 7 heteroatoms. The van der Waals surface area contributed by atoms with Gasteiger partial charge in [-0.05, 0) is 80.1 Å². The minimum Gasteiger partial charge on any atom is -0.480 e. The minimum atomic E-state index is -1.06. The SMILES string of the molecule is CC[C@@H](C)[C@H](NC(=O)CCC(=O)O[C@@H]1CC[C@H]2[C@H]3CCC4=CC(=O)CC[C@]4(C)[C@@H]3CC[C@]12C)C(=O)O. The Labute approximate surface area is 214 Å². The highest BCUT2D eigenvalue weighted by molar-refractivity contribution is 5.91. The van der Waals surface area contributed by atoms with E-state index in [1.807, 2.05) is 13.0 Å². The predicted molar refractivity (Wildman–Crippen MR) is 135 cm³/mol. The number of hydrogen-bond donors (Lipinski definition) is 2. The van der Waals surface area contributed by atoms with Gasteiger partial charge in [0, 0.05) is 18.3 Å². The van der Waals surface area contributed by atoms with Crippen LogP contribution in [0.4, 0.5) is 0 Å². The zero-order chi connectivity index (χ0) is 26.3. The van der Waals surface area contributed by atoms with Crippen LogP contribution in [0.25, 0.3) is 0 Å². The van der Waals surface area contributed by atoms with Gasteiger partial charge in [-0.2, -0.15) is 0 Å². The standard InChI is InChI=1S/C29H43NO6/c1-5-17(2)26(27(34)35)30-24(32)10-11-25(33)36-23-9-8-21-20-7-6-18-16-19(31)12-14-28(18,3)22(20)13-15-29(21,23)4/h16-17,20-23,26H,5-15H2,1-4H3,(H,30,32)(H,34,35)/t17-,20-,21+,22-,23-,26+,28+,29+/m1/s1. The number of carboxylic acid groups (broad SMARTS) is 1. The number of fused-ring (bicyclic) bond motifs is 5. The van der Waals surface area contributed by atoms with E-state index >= 15 is 0 Å². The van der Waals surface area contributed by atoms with Crippen LogP contribution in [0.5, 0.6) is 0 Å². The molecule has 0 radical (unpaired) electrons. The maximum Gasteiger partial charge on any atom is 0.326 e. The van der Waals surface area contributed by atoms with Crippen molar-refractivity contribution in [2.75, 3.05) is 0 Å². The van der Waals surface area contributed by atoms with Crippen molar-refractivity contribution >= 4 is 23.6 Å². The Kier molecular flexibility index (Phi) is 7.68. The quantitative estimate of drug-likeness (QED) is 0.461. The highest BCUT2D eigenvalue weighted by Crippen LogP contribution is 2.65. The van der Waals surface area contributed by atoms with Crippen molar-refractivity contribution in [2.45, 2.75) is 110 Å². The number of carbonyl (C=O) groups is 4. The molecular formula is C29H43NO6. The van der Waals surface area contributed by atoms with E-state index in [0.29, 0.717) is 30.6 Å². The maximum atomic E-state index is 12.7. The third-order valence-electron chi connectivity index (χ3n) is 10.5. The smallest absolute Gasteiger partial charge is 0.326 e. The van der Waals surface area contributed by atoms with Crippen LogP contribution in [0.3, 0.4) is 0 Å². The lowest BCUT2D eigenvalue weighted by molar-refractivity contribution is -0.160. The molecule has 0 spiro atoms. The largest absolute Gasteiger partial charge is 0.480 e. The van der Waals surface area contributed by atoms with E-state index in [1.165, 1.54) is 5.57 Å². The average Bonchev–Trinajstić information content (AvgIpc) is 3.17. The molecule has 0 aromatic heterocycles. The van der Waals surface area contributed by atoms with E-state index in [2.05, 4.69) is 19.2 Å². The summed E-state index contributed by atoms with van der Waals surface area (Å²) in [5, 5.41) is 11.9. The van der Waals surface area contributed by atoms with Gasteiger partial charge in [0.05, 0.1) is 6.42 Å². The Bertz CT molecular complexity index is 942. The topological polar surface area (TPSA) is 110 Å². The van der Waals surface area contributed by atoms with E-state index in [1.54, 1.807) is 6.92 Å². The second-order valence-corrected chi connectivity index (χ2v) is 12.3. The van der Waals surface area contributed by atoms with Gasteiger partial charge in [-0.25, -0.2) is 4.79 Å². The summed E-state index contributed by atoms with van der Waals surface area (Å²) in [5.41, 5.74) is 1.44. The molecular weight excluding hydrogens is 458 g/mol. The van der Waals surface area contributed by atoms with Crippen LogP contribution in [0.1, 0.15) is 98.3 Å². The lowest BCUT2D eigenvalue weighted by atomic mass is 9.47. The molecule has 0 saturated heterocycles. The van der Waals surface area contributed by atoms with Gasteiger partial charge in [-0.15, -0.1) is 0 Å². The van der Waals surface area contributed by atoms with E-state index < -0.39 is 17.9 Å². The van der Waals surface area contributed by atoms with E-state index in [0.717, 1.165) is 44.9 Å². The van der Waals surface area contributed by atoms with Gasteiger partial charge < -0.3 is 15.2 Å². The number of hydrogen-bond acceptors (Lipinski definition) is 5. The molecule has 1 amide bonds. The molecule has 4 aliphatic carbocycles. The lowest BCUT2D eigenvalue weighted by Crippen LogP contribution is -2.51. The van der Waals surface area contributed by atoms with Crippen LogP contribution in [-0.4, -0.2) is 40.9 Å². The Morgan fingerprint density at radius 2 is 1.83 bits per heavy atom.